The molecule has 0 fully saturated rings. The van der Waals surface area contributed by atoms with E-state index in [-0.39, 0.29) is 19.3 Å². The summed E-state index contributed by atoms with van der Waals surface area (Å²) < 4.78 is 2.03. The maximum atomic E-state index is 7.62. The number of fused-ring (bicyclic) bond motifs is 1. The predicted molar refractivity (Wildman–Crippen MR) is 90.4 cm³/mol. The Morgan fingerprint density at radius 1 is 1.13 bits per heavy atom. The third kappa shape index (κ3) is 4.13. The molecule has 2 heterocycles. The molecule has 6 nitrogen and oxygen atoms in total. The molecule has 4 N–H and O–H groups in total. The summed E-state index contributed by atoms with van der Waals surface area (Å²) >= 11 is 0. The zero-order valence-electron chi connectivity index (χ0n) is 13.3. The van der Waals surface area contributed by atoms with Crippen molar-refractivity contribution < 1.29 is 10.2 Å². The molecule has 3 aromatic rings. The number of nitrogens with zero attached hydrogens (tertiary/aromatic N) is 3. The Kier molecular flexibility index (Phi) is 5.81. The Hall–Kier alpha value is -2.28. The summed E-state index contributed by atoms with van der Waals surface area (Å²) in [5, 5.41) is 15.2. The van der Waals surface area contributed by atoms with Crippen LogP contribution < -0.4 is 5.73 Å². The van der Waals surface area contributed by atoms with Gasteiger partial charge in [-0.25, -0.2) is 9.97 Å². The summed E-state index contributed by atoms with van der Waals surface area (Å²) in [6, 6.07) is 10.2. The summed E-state index contributed by atoms with van der Waals surface area (Å²) in [6.07, 6.45) is 3.73. The van der Waals surface area contributed by atoms with Crippen LogP contribution in [0.4, 0.5) is 0 Å². The van der Waals surface area contributed by atoms with Gasteiger partial charge in [0.25, 0.3) is 0 Å². The molecule has 0 aliphatic carbocycles. The van der Waals surface area contributed by atoms with E-state index in [2.05, 4.69) is 41.2 Å². The van der Waals surface area contributed by atoms with E-state index >= 15 is 0 Å². The fraction of sp³-hybridized carbons (Fsp3) is 0.294. The van der Waals surface area contributed by atoms with Crippen LogP contribution in [-0.2, 0) is 0 Å². The van der Waals surface area contributed by atoms with Gasteiger partial charge in [0, 0.05) is 17.9 Å². The van der Waals surface area contributed by atoms with Crippen LogP contribution in [0, 0.1) is 6.92 Å². The molecule has 23 heavy (non-hydrogen) atoms. The van der Waals surface area contributed by atoms with Crippen LogP contribution in [0.1, 0.15) is 24.2 Å². The summed E-state index contributed by atoms with van der Waals surface area (Å²) in [6.45, 7) is 3.74. The molecule has 0 saturated carbocycles. The molecule has 122 valence electrons. The lowest BCUT2D eigenvalue weighted by atomic mass is 10.2. The number of hydrogen-bond acceptors (Lipinski definition) is 5. The van der Waals surface area contributed by atoms with Gasteiger partial charge in [-0.05, 0) is 32.0 Å². The van der Waals surface area contributed by atoms with Crippen molar-refractivity contribution in [2.24, 2.45) is 5.73 Å². The average molecular weight is 314 g/mol. The van der Waals surface area contributed by atoms with Crippen LogP contribution in [0.15, 0.2) is 42.7 Å². The van der Waals surface area contributed by atoms with E-state index in [9.17, 15) is 0 Å². The molecular weight excluding hydrogens is 292 g/mol. The Morgan fingerprint density at radius 2 is 1.78 bits per heavy atom. The monoisotopic (exact) mass is 314 g/mol. The molecule has 0 amide bonds. The topological polar surface area (TPSA) is 97.2 Å². The van der Waals surface area contributed by atoms with E-state index < -0.39 is 0 Å². The summed E-state index contributed by atoms with van der Waals surface area (Å²) in [5.41, 5.74) is 10.7. The number of aliphatic hydroxyl groups excluding tert-OH is 2. The first-order valence-electron chi connectivity index (χ1n) is 7.45. The first kappa shape index (κ1) is 17.1. The molecule has 1 aromatic carbocycles. The van der Waals surface area contributed by atoms with E-state index in [1.165, 1.54) is 5.56 Å². The smallest absolute Gasteiger partial charge is 0.163 e. The molecule has 1 unspecified atom stereocenters. The lowest BCUT2D eigenvalue weighted by Gasteiger charge is -2.06. The van der Waals surface area contributed by atoms with Crippen molar-refractivity contribution in [1.29, 1.82) is 0 Å². The summed E-state index contributed by atoms with van der Waals surface area (Å²) in [4.78, 5) is 9.01. The van der Waals surface area contributed by atoms with Crippen molar-refractivity contribution in [3.8, 4) is 5.69 Å². The van der Waals surface area contributed by atoms with Crippen molar-refractivity contribution in [2.45, 2.75) is 19.9 Å². The highest BCUT2D eigenvalue weighted by molar-refractivity contribution is 5.73. The number of aryl methyl sites for hydroxylation is 1. The zero-order valence-corrected chi connectivity index (χ0v) is 13.3. The molecule has 0 radical (unpaired) electrons. The highest BCUT2D eigenvalue weighted by Gasteiger charge is 2.08. The minimum Gasteiger partial charge on any atom is -0.394 e. The molecular formula is C17H22N4O2. The second-order valence-corrected chi connectivity index (χ2v) is 5.26. The van der Waals surface area contributed by atoms with Gasteiger partial charge in [0.05, 0.1) is 25.1 Å². The van der Waals surface area contributed by atoms with Crippen molar-refractivity contribution >= 4 is 11.2 Å². The highest BCUT2D eigenvalue weighted by Crippen LogP contribution is 2.19. The van der Waals surface area contributed by atoms with Gasteiger partial charge in [-0.15, -0.1) is 0 Å². The summed E-state index contributed by atoms with van der Waals surface area (Å²) in [5.74, 6) is 0. The van der Waals surface area contributed by atoms with Gasteiger partial charge in [-0.1, -0.05) is 17.7 Å². The van der Waals surface area contributed by atoms with Crippen LogP contribution in [0.2, 0.25) is 0 Å². The molecule has 1 atom stereocenters. The minimum absolute atomic E-state index is 0.0976. The third-order valence-corrected chi connectivity index (χ3v) is 3.29. The predicted octanol–water partition coefficient (Wildman–Crippen LogP) is 1.72. The Labute approximate surface area is 135 Å². The Bertz CT molecular complexity index is 749. The molecule has 0 spiro atoms. The lowest BCUT2D eigenvalue weighted by molar-refractivity contribution is 0.186. The number of benzene rings is 1. The number of aromatic nitrogens is 3. The van der Waals surface area contributed by atoms with Gasteiger partial charge in [0.2, 0.25) is 0 Å². The molecule has 0 aliphatic rings. The maximum absolute atomic E-state index is 7.62. The summed E-state index contributed by atoms with van der Waals surface area (Å²) in [7, 11) is 0. The standard InChI is InChI=1S/C15H16N4.C2H6O2/c1-10-3-5-12(6-4-10)19-8-7-13-15(19)17-9-14(18-13)11(2)16;3-1-2-4/h3-9,11H,16H2,1-2H3;3-4H,1-2H2. The number of rotatable bonds is 3. The fourth-order valence-corrected chi connectivity index (χ4v) is 2.06. The van der Waals surface area contributed by atoms with Crippen LogP contribution in [-0.4, -0.2) is 38.0 Å². The Morgan fingerprint density at radius 3 is 2.35 bits per heavy atom. The molecule has 6 heteroatoms. The van der Waals surface area contributed by atoms with Crippen LogP contribution >= 0.6 is 0 Å². The largest absolute Gasteiger partial charge is 0.394 e. The molecule has 2 aromatic heterocycles. The second-order valence-electron chi connectivity index (χ2n) is 5.26. The van der Waals surface area contributed by atoms with Gasteiger partial charge >= 0.3 is 0 Å². The van der Waals surface area contributed by atoms with E-state index in [1.54, 1.807) is 6.20 Å². The number of aliphatic hydroxyl groups is 2. The third-order valence-electron chi connectivity index (χ3n) is 3.29. The molecule has 3 rings (SSSR count). The normalized spacial score (nSPS) is 11.9. The quantitative estimate of drug-likeness (QED) is 0.684. The first-order valence-corrected chi connectivity index (χ1v) is 7.45. The Balaban J connectivity index is 0.000000433. The van der Waals surface area contributed by atoms with E-state index in [0.717, 1.165) is 22.5 Å². The molecule has 0 saturated heterocycles. The SMILES string of the molecule is Cc1ccc(-n2ccc3nc(C(C)N)cnc32)cc1.OCCO. The van der Waals surface area contributed by atoms with Crippen LogP contribution in [0.25, 0.3) is 16.9 Å². The number of hydrogen-bond donors (Lipinski definition) is 3. The lowest BCUT2D eigenvalue weighted by Crippen LogP contribution is -2.08. The van der Waals surface area contributed by atoms with Crippen molar-refractivity contribution in [3.05, 3.63) is 54.0 Å². The van der Waals surface area contributed by atoms with Gasteiger partial charge in [-0.2, -0.15) is 0 Å². The zero-order chi connectivity index (χ0) is 16.8. The fourth-order valence-electron chi connectivity index (χ4n) is 2.06. The van der Waals surface area contributed by atoms with Crippen molar-refractivity contribution in [1.82, 2.24) is 14.5 Å². The van der Waals surface area contributed by atoms with Gasteiger partial charge in [0.15, 0.2) is 5.65 Å². The number of nitrogens with two attached hydrogens (primary N) is 1. The average Bonchev–Trinajstić information content (AvgIpc) is 2.99. The minimum atomic E-state index is -0.125. The molecule has 0 bridgehead atoms. The highest BCUT2D eigenvalue weighted by atomic mass is 16.3. The van der Waals surface area contributed by atoms with E-state index in [1.807, 2.05) is 23.8 Å². The van der Waals surface area contributed by atoms with Crippen molar-refractivity contribution in [3.63, 3.8) is 0 Å². The van der Waals surface area contributed by atoms with Gasteiger partial charge < -0.3 is 15.9 Å². The first-order chi connectivity index (χ1) is 11.1. The van der Waals surface area contributed by atoms with Gasteiger partial charge in [0.1, 0.15) is 5.52 Å². The second kappa shape index (κ2) is 7.82. The molecule has 0 aliphatic heterocycles. The van der Waals surface area contributed by atoms with E-state index in [4.69, 9.17) is 15.9 Å². The van der Waals surface area contributed by atoms with Crippen molar-refractivity contribution in [2.75, 3.05) is 13.2 Å². The van der Waals surface area contributed by atoms with E-state index in [0.29, 0.717) is 0 Å². The maximum Gasteiger partial charge on any atom is 0.163 e. The van der Waals surface area contributed by atoms with Crippen LogP contribution in [0.5, 0.6) is 0 Å². The van der Waals surface area contributed by atoms with Crippen LogP contribution in [0.3, 0.4) is 0 Å². The van der Waals surface area contributed by atoms with Gasteiger partial charge in [-0.3, -0.25) is 4.57 Å².